The normalized spacial score (nSPS) is 42.0. The summed E-state index contributed by atoms with van der Waals surface area (Å²) in [6.07, 6.45) is 3.11. The van der Waals surface area contributed by atoms with Gasteiger partial charge in [0.15, 0.2) is 17.3 Å². The highest BCUT2D eigenvalue weighted by Crippen LogP contribution is 2.63. The summed E-state index contributed by atoms with van der Waals surface area (Å²) in [5, 5.41) is 24.3. The summed E-state index contributed by atoms with van der Waals surface area (Å²) in [4.78, 5) is 15.4. The van der Waals surface area contributed by atoms with Crippen molar-refractivity contribution in [2.45, 2.75) is 35.6 Å². The van der Waals surface area contributed by atoms with E-state index in [0.717, 1.165) is 18.5 Å². The number of aliphatic hydroxyl groups is 1. The van der Waals surface area contributed by atoms with Crippen molar-refractivity contribution in [2.75, 3.05) is 20.6 Å². The Kier molecular flexibility index (Phi) is 2.53. The molecule has 0 unspecified atom stereocenters. The Hall–Kier alpha value is -1.89. The molecule has 5 atom stereocenters. The molecule has 1 aromatic rings. The Morgan fingerprint density at radius 3 is 2.96 bits per heavy atom. The van der Waals surface area contributed by atoms with Gasteiger partial charge in [0.05, 0.1) is 17.0 Å². The second-order valence-electron chi connectivity index (χ2n) is 7.31. The van der Waals surface area contributed by atoms with Crippen molar-refractivity contribution in [3.8, 4) is 11.5 Å². The van der Waals surface area contributed by atoms with Gasteiger partial charge in [-0.05, 0) is 39.2 Å². The lowest BCUT2D eigenvalue weighted by Crippen LogP contribution is -2.80. The van der Waals surface area contributed by atoms with E-state index in [0.29, 0.717) is 11.3 Å². The number of Topliss-reactive ketones (excluding diaryl/α,β-unsaturated/α-hetero) is 1. The topological polar surface area (TPSA) is 82.0 Å². The first-order valence-electron chi connectivity index (χ1n) is 8.32. The fourth-order valence-electron chi connectivity index (χ4n) is 5.65. The Bertz CT molecular complexity index is 806. The maximum atomic E-state index is 13.3. The molecule has 4 aliphatic rings. The minimum Gasteiger partial charge on any atom is -0.504 e. The monoisotopic (exact) mass is 328 g/mol. The number of ketones is 1. The summed E-state index contributed by atoms with van der Waals surface area (Å²) in [5.41, 5.74) is 0.145. The molecule has 1 aromatic carbocycles. The number of carbonyl (C=O) groups excluding carboxylic acids is 1. The van der Waals surface area contributed by atoms with E-state index in [1.54, 1.807) is 12.1 Å². The molecule has 1 spiro atoms. The first-order chi connectivity index (χ1) is 11.5. The number of likely N-dealkylation sites (tertiary alicyclic amines) is 1. The van der Waals surface area contributed by atoms with Crippen LogP contribution in [-0.2, 0) is 5.41 Å². The third-order valence-electron chi connectivity index (χ3n) is 6.58. The van der Waals surface area contributed by atoms with Crippen LogP contribution in [0.4, 0.5) is 0 Å². The largest absolute Gasteiger partial charge is 0.504 e. The highest BCUT2D eigenvalue weighted by atomic mass is 16.5. The van der Waals surface area contributed by atoms with Gasteiger partial charge in [0, 0.05) is 11.1 Å². The SMILES string of the molecule is CN[C@@]12C=C[C@H](O)[C@@H]3Oc4c(O)ccc5c4[C@@]31CCN(C)[C@@H]2C5=O. The molecule has 0 aromatic heterocycles. The molecule has 6 nitrogen and oxygen atoms in total. The number of nitrogens with one attached hydrogen (secondary N) is 1. The van der Waals surface area contributed by atoms with Crippen LogP contribution in [0.5, 0.6) is 11.5 Å². The predicted molar refractivity (Wildman–Crippen MR) is 86.5 cm³/mol. The number of ether oxygens (including phenoxy) is 1. The zero-order valence-corrected chi connectivity index (χ0v) is 13.6. The number of aliphatic hydroxyl groups excluding tert-OH is 1. The maximum Gasteiger partial charge on any atom is 0.182 e. The van der Waals surface area contributed by atoms with Crippen LogP contribution in [0, 0.1) is 0 Å². The van der Waals surface area contributed by atoms with Gasteiger partial charge in [-0.1, -0.05) is 12.2 Å². The molecule has 2 bridgehead atoms. The zero-order valence-electron chi connectivity index (χ0n) is 13.6. The van der Waals surface area contributed by atoms with Crippen molar-refractivity contribution in [3.63, 3.8) is 0 Å². The van der Waals surface area contributed by atoms with Gasteiger partial charge in [0.25, 0.3) is 0 Å². The molecule has 126 valence electrons. The number of nitrogens with zero attached hydrogens (tertiary/aromatic N) is 1. The first kappa shape index (κ1) is 14.5. The van der Waals surface area contributed by atoms with E-state index >= 15 is 0 Å². The van der Waals surface area contributed by atoms with E-state index in [1.165, 1.54) is 6.07 Å². The van der Waals surface area contributed by atoms with Crippen LogP contribution in [-0.4, -0.2) is 65.3 Å². The van der Waals surface area contributed by atoms with E-state index in [9.17, 15) is 15.0 Å². The van der Waals surface area contributed by atoms with Gasteiger partial charge < -0.3 is 20.3 Å². The van der Waals surface area contributed by atoms with E-state index in [4.69, 9.17) is 4.74 Å². The van der Waals surface area contributed by atoms with Gasteiger partial charge in [-0.2, -0.15) is 0 Å². The molecule has 0 saturated carbocycles. The third kappa shape index (κ3) is 1.24. The number of hydrogen-bond donors (Lipinski definition) is 3. The predicted octanol–water partition coefficient (Wildman–Crippen LogP) is 0.180. The number of aromatic hydroxyl groups is 1. The number of phenols is 1. The van der Waals surface area contributed by atoms with Gasteiger partial charge in [-0.15, -0.1) is 0 Å². The number of carbonyl (C=O) groups is 1. The van der Waals surface area contributed by atoms with E-state index < -0.39 is 23.2 Å². The van der Waals surface area contributed by atoms with Crippen molar-refractivity contribution in [3.05, 3.63) is 35.4 Å². The Morgan fingerprint density at radius 1 is 1.42 bits per heavy atom. The number of piperidine rings is 1. The lowest BCUT2D eigenvalue weighted by atomic mass is 9.48. The van der Waals surface area contributed by atoms with Gasteiger partial charge in [0.1, 0.15) is 12.2 Å². The van der Waals surface area contributed by atoms with Gasteiger partial charge in [-0.25, -0.2) is 0 Å². The molecule has 2 aliphatic carbocycles. The molecule has 2 aliphatic heterocycles. The molecular weight excluding hydrogens is 308 g/mol. The van der Waals surface area contributed by atoms with Crippen LogP contribution in [0.3, 0.4) is 0 Å². The lowest BCUT2D eigenvalue weighted by Gasteiger charge is -2.62. The molecule has 2 heterocycles. The van der Waals surface area contributed by atoms with E-state index in [2.05, 4.69) is 10.2 Å². The van der Waals surface area contributed by atoms with Gasteiger partial charge in [0.2, 0.25) is 0 Å². The highest BCUT2D eigenvalue weighted by molar-refractivity contribution is 6.06. The molecule has 6 heteroatoms. The molecule has 1 saturated heterocycles. The lowest BCUT2D eigenvalue weighted by molar-refractivity contribution is -0.0600. The average molecular weight is 328 g/mol. The number of likely N-dealkylation sites (N-methyl/N-ethyl adjacent to an activating group) is 2. The van der Waals surface area contributed by atoms with Gasteiger partial charge in [-0.3, -0.25) is 9.69 Å². The smallest absolute Gasteiger partial charge is 0.182 e. The summed E-state index contributed by atoms with van der Waals surface area (Å²) in [6, 6.07) is 2.84. The number of benzene rings is 1. The van der Waals surface area contributed by atoms with Gasteiger partial charge >= 0.3 is 0 Å². The van der Waals surface area contributed by atoms with Crippen molar-refractivity contribution in [2.24, 2.45) is 0 Å². The summed E-state index contributed by atoms with van der Waals surface area (Å²) in [6.45, 7) is 0.731. The molecule has 1 fully saturated rings. The number of rotatable bonds is 1. The average Bonchev–Trinajstić information content (AvgIpc) is 2.93. The van der Waals surface area contributed by atoms with Crippen molar-refractivity contribution >= 4 is 5.78 Å². The van der Waals surface area contributed by atoms with E-state index in [-0.39, 0.29) is 17.6 Å². The van der Waals surface area contributed by atoms with Crippen LogP contribution in [0.15, 0.2) is 24.3 Å². The van der Waals surface area contributed by atoms with Crippen LogP contribution in [0.25, 0.3) is 0 Å². The zero-order chi connectivity index (χ0) is 16.9. The van der Waals surface area contributed by atoms with Crippen LogP contribution in [0.1, 0.15) is 22.3 Å². The molecular formula is C18H20N2O4. The molecule has 24 heavy (non-hydrogen) atoms. The van der Waals surface area contributed by atoms with Crippen LogP contribution < -0.4 is 10.1 Å². The molecule has 0 amide bonds. The maximum absolute atomic E-state index is 13.3. The Labute approximate surface area is 139 Å². The standard InChI is InChI=1S/C18H20N2O4/c1-19-18-6-5-11(22)16-17(18)7-8-20(2)15(18)13(23)9-3-4-10(21)14(24-16)12(9)17/h3-6,11,15-16,19,21-22H,7-8H2,1-2H3/t11-,15+,16-,17-,18+/m0/s1. The van der Waals surface area contributed by atoms with Crippen LogP contribution in [0.2, 0.25) is 0 Å². The fraction of sp³-hybridized carbons (Fsp3) is 0.500. The van der Waals surface area contributed by atoms with Crippen molar-refractivity contribution < 1.29 is 19.7 Å². The summed E-state index contributed by atoms with van der Waals surface area (Å²) in [7, 11) is 3.82. The van der Waals surface area contributed by atoms with E-state index in [1.807, 2.05) is 20.2 Å². The molecule has 5 rings (SSSR count). The fourth-order valence-corrected chi connectivity index (χ4v) is 5.65. The quantitative estimate of drug-likeness (QED) is 0.638. The summed E-state index contributed by atoms with van der Waals surface area (Å²) >= 11 is 0. The van der Waals surface area contributed by atoms with Crippen molar-refractivity contribution in [1.82, 2.24) is 10.2 Å². The Morgan fingerprint density at radius 2 is 2.21 bits per heavy atom. The van der Waals surface area contributed by atoms with Crippen molar-refractivity contribution in [1.29, 1.82) is 0 Å². The number of hydrogen-bond acceptors (Lipinski definition) is 6. The highest BCUT2D eigenvalue weighted by Gasteiger charge is 2.73. The minimum absolute atomic E-state index is 0.0277. The third-order valence-corrected chi connectivity index (χ3v) is 6.58. The summed E-state index contributed by atoms with van der Waals surface area (Å²) in [5.74, 6) is 0.417. The minimum atomic E-state index is -0.775. The van der Waals surface area contributed by atoms with Crippen LogP contribution >= 0.6 is 0 Å². The Balaban J connectivity index is 1.94. The summed E-state index contributed by atoms with van der Waals surface area (Å²) < 4.78 is 6.07. The molecule has 0 radical (unpaired) electrons. The first-order valence-corrected chi connectivity index (χ1v) is 8.32. The second-order valence-corrected chi connectivity index (χ2v) is 7.31. The molecule has 3 N–H and O–H groups in total. The number of phenolic OH excluding ortho intramolecular Hbond substituents is 1. The second kappa shape index (κ2) is 4.20.